The lowest BCUT2D eigenvalue weighted by Gasteiger charge is -2.11. The van der Waals surface area contributed by atoms with Crippen molar-refractivity contribution in [3.8, 4) is 5.75 Å². The van der Waals surface area contributed by atoms with Crippen molar-refractivity contribution in [2.45, 2.75) is 4.90 Å². The number of esters is 1. The molecule has 0 N–H and O–H groups in total. The summed E-state index contributed by atoms with van der Waals surface area (Å²) in [4.78, 5) is 16.4. The Bertz CT molecular complexity index is 1130. The van der Waals surface area contributed by atoms with Crippen LogP contribution in [-0.4, -0.2) is 45.8 Å². The predicted octanol–water partition coefficient (Wildman–Crippen LogP) is 2.85. The van der Waals surface area contributed by atoms with Crippen molar-refractivity contribution >= 4 is 28.0 Å². The van der Waals surface area contributed by atoms with E-state index in [9.17, 15) is 13.2 Å². The maximum atomic E-state index is 12.3. The Morgan fingerprint density at radius 1 is 1.10 bits per heavy atom. The normalized spacial score (nSPS) is 15.8. The molecule has 0 saturated heterocycles. The molecule has 0 amide bonds. The number of rotatable bonds is 6. The fourth-order valence-corrected chi connectivity index (χ4v) is 3.54. The second-order valence-corrected chi connectivity index (χ2v) is 8.43. The standard InChI is InChI=1S/C21H20N2O5S/c1-23(2)29(25,26)17-11-6-10-16(14-17)20-22-18(21(24)28-20)12-7-9-15-8-4-5-13-19(15)27-3/h4-14H,1-3H3/b9-7+,18-12-. The Kier molecular flexibility index (Phi) is 5.95. The van der Waals surface area contributed by atoms with E-state index in [-0.39, 0.29) is 16.5 Å². The second-order valence-electron chi connectivity index (χ2n) is 6.27. The molecule has 0 aliphatic carbocycles. The van der Waals surface area contributed by atoms with Crippen LogP contribution in [0.4, 0.5) is 0 Å². The van der Waals surface area contributed by atoms with Gasteiger partial charge in [-0.3, -0.25) is 0 Å². The lowest BCUT2D eigenvalue weighted by atomic mass is 10.2. The number of benzene rings is 2. The average Bonchev–Trinajstić information content (AvgIpc) is 3.09. The zero-order valence-corrected chi connectivity index (χ0v) is 17.0. The molecular weight excluding hydrogens is 392 g/mol. The van der Waals surface area contributed by atoms with Crippen LogP contribution in [-0.2, 0) is 19.6 Å². The minimum absolute atomic E-state index is 0.0581. The predicted molar refractivity (Wildman–Crippen MR) is 110 cm³/mol. The molecule has 0 bridgehead atoms. The van der Waals surface area contributed by atoms with Crippen LogP contribution < -0.4 is 4.74 Å². The van der Waals surface area contributed by atoms with Crippen LogP contribution in [0.3, 0.4) is 0 Å². The largest absolute Gasteiger partial charge is 0.496 e. The first-order valence-corrected chi connectivity index (χ1v) is 10.1. The van der Waals surface area contributed by atoms with E-state index in [4.69, 9.17) is 9.47 Å². The number of methoxy groups -OCH3 is 1. The number of carbonyl (C=O) groups excluding carboxylic acids is 1. The van der Waals surface area contributed by atoms with Crippen molar-refractivity contribution in [1.82, 2.24) is 4.31 Å². The number of hydrogen-bond donors (Lipinski definition) is 0. The summed E-state index contributed by atoms with van der Waals surface area (Å²) in [5.74, 6) is 0.160. The molecule has 0 radical (unpaired) electrons. The number of cyclic esters (lactones) is 1. The highest BCUT2D eigenvalue weighted by Crippen LogP contribution is 2.22. The fourth-order valence-electron chi connectivity index (χ4n) is 2.59. The quantitative estimate of drug-likeness (QED) is 0.538. The maximum Gasteiger partial charge on any atom is 0.363 e. The minimum atomic E-state index is -3.61. The van der Waals surface area contributed by atoms with Crippen LogP contribution in [0.25, 0.3) is 6.08 Å². The van der Waals surface area contributed by atoms with Crippen LogP contribution in [0.5, 0.6) is 5.75 Å². The van der Waals surface area contributed by atoms with Gasteiger partial charge in [0.2, 0.25) is 15.9 Å². The summed E-state index contributed by atoms with van der Waals surface area (Å²) in [6.45, 7) is 0. The lowest BCUT2D eigenvalue weighted by Crippen LogP contribution is -2.22. The van der Waals surface area contributed by atoms with Crippen LogP contribution >= 0.6 is 0 Å². The van der Waals surface area contributed by atoms with Gasteiger partial charge < -0.3 is 9.47 Å². The molecule has 1 aliphatic rings. The Hall–Kier alpha value is -3.23. The van der Waals surface area contributed by atoms with Gasteiger partial charge in [0.1, 0.15) is 5.75 Å². The third-order valence-electron chi connectivity index (χ3n) is 4.15. The van der Waals surface area contributed by atoms with E-state index in [1.54, 1.807) is 31.4 Å². The molecule has 1 aliphatic heterocycles. The van der Waals surface area contributed by atoms with Crippen LogP contribution in [0.2, 0.25) is 0 Å². The van der Waals surface area contributed by atoms with E-state index in [0.29, 0.717) is 11.3 Å². The van der Waals surface area contributed by atoms with Gasteiger partial charge in [-0.2, -0.15) is 0 Å². The highest BCUT2D eigenvalue weighted by molar-refractivity contribution is 7.89. The Morgan fingerprint density at radius 3 is 2.59 bits per heavy atom. The molecule has 0 spiro atoms. The summed E-state index contributed by atoms with van der Waals surface area (Å²) in [6.07, 6.45) is 4.99. The van der Waals surface area contributed by atoms with Gasteiger partial charge in [0.25, 0.3) is 0 Å². The molecule has 8 heteroatoms. The van der Waals surface area contributed by atoms with Crippen LogP contribution in [0.1, 0.15) is 11.1 Å². The number of carbonyl (C=O) groups is 1. The zero-order valence-electron chi connectivity index (χ0n) is 16.2. The smallest absolute Gasteiger partial charge is 0.363 e. The van der Waals surface area contributed by atoms with Crippen molar-refractivity contribution < 1.29 is 22.7 Å². The van der Waals surface area contributed by atoms with E-state index < -0.39 is 16.0 Å². The Labute approximate surface area is 169 Å². The third-order valence-corrected chi connectivity index (χ3v) is 5.96. The lowest BCUT2D eigenvalue weighted by molar-refractivity contribution is -0.130. The van der Waals surface area contributed by atoms with Gasteiger partial charge in [-0.1, -0.05) is 36.4 Å². The Morgan fingerprint density at radius 2 is 1.86 bits per heavy atom. The van der Waals surface area contributed by atoms with Crippen molar-refractivity contribution in [2.75, 3.05) is 21.2 Å². The number of para-hydroxylation sites is 1. The first-order chi connectivity index (χ1) is 13.8. The number of sulfonamides is 1. The summed E-state index contributed by atoms with van der Waals surface area (Å²) in [5, 5.41) is 0. The van der Waals surface area contributed by atoms with Gasteiger partial charge in [0.05, 0.1) is 12.0 Å². The van der Waals surface area contributed by atoms with Gasteiger partial charge in [0.15, 0.2) is 5.70 Å². The second kappa shape index (κ2) is 8.42. The molecule has 0 atom stereocenters. The number of nitrogens with zero attached hydrogens (tertiary/aromatic N) is 2. The van der Waals surface area contributed by atoms with E-state index in [0.717, 1.165) is 9.87 Å². The molecule has 29 heavy (non-hydrogen) atoms. The fraction of sp³-hybridized carbons (Fsp3) is 0.143. The summed E-state index contributed by atoms with van der Waals surface area (Å²) < 4.78 is 36.2. The number of allylic oxidation sites excluding steroid dienone is 2. The number of ether oxygens (including phenoxy) is 2. The molecule has 0 aromatic heterocycles. The maximum absolute atomic E-state index is 12.3. The summed E-state index contributed by atoms with van der Waals surface area (Å²) >= 11 is 0. The molecule has 2 aromatic rings. The van der Waals surface area contributed by atoms with Gasteiger partial charge in [-0.15, -0.1) is 0 Å². The topological polar surface area (TPSA) is 85.3 Å². The van der Waals surface area contributed by atoms with Crippen LogP contribution in [0, 0.1) is 0 Å². The molecular formula is C21H20N2O5S. The first kappa shape index (κ1) is 20.5. The van der Waals surface area contributed by atoms with Gasteiger partial charge in [0, 0.05) is 25.2 Å². The molecule has 3 rings (SSSR count). The number of hydrogen-bond acceptors (Lipinski definition) is 6. The molecule has 150 valence electrons. The van der Waals surface area contributed by atoms with E-state index in [1.165, 1.54) is 32.3 Å². The molecule has 0 saturated carbocycles. The van der Waals surface area contributed by atoms with Gasteiger partial charge >= 0.3 is 5.97 Å². The van der Waals surface area contributed by atoms with E-state index in [2.05, 4.69) is 4.99 Å². The zero-order chi connectivity index (χ0) is 21.0. The van der Waals surface area contributed by atoms with Crippen LogP contribution in [0.15, 0.2) is 76.3 Å². The third kappa shape index (κ3) is 4.44. The van der Waals surface area contributed by atoms with Crippen molar-refractivity contribution in [3.63, 3.8) is 0 Å². The molecule has 0 fully saturated rings. The SMILES string of the molecule is COc1ccccc1/C=C/C=C1\N=C(c2cccc(S(=O)(=O)N(C)C)c2)OC1=O. The summed E-state index contributed by atoms with van der Waals surface area (Å²) in [7, 11) is 0.874. The monoisotopic (exact) mass is 412 g/mol. The molecule has 7 nitrogen and oxygen atoms in total. The average molecular weight is 412 g/mol. The number of aliphatic imine (C=N–C) groups is 1. The summed E-state index contributed by atoms with van der Waals surface area (Å²) in [5.41, 5.74) is 1.37. The van der Waals surface area contributed by atoms with Crippen molar-refractivity contribution in [1.29, 1.82) is 0 Å². The molecule has 0 unspecified atom stereocenters. The van der Waals surface area contributed by atoms with Gasteiger partial charge in [-0.05, 0) is 30.3 Å². The van der Waals surface area contributed by atoms with Crippen molar-refractivity contribution in [2.24, 2.45) is 4.99 Å². The van der Waals surface area contributed by atoms with E-state index in [1.807, 2.05) is 24.3 Å². The Balaban J connectivity index is 1.87. The van der Waals surface area contributed by atoms with Gasteiger partial charge in [-0.25, -0.2) is 22.5 Å². The molecule has 2 aromatic carbocycles. The molecule has 1 heterocycles. The van der Waals surface area contributed by atoms with E-state index >= 15 is 0 Å². The van der Waals surface area contributed by atoms with Crippen molar-refractivity contribution in [3.05, 3.63) is 77.5 Å². The minimum Gasteiger partial charge on any atom is -0.496 e. The first-order valence-electron chi connectivity index (χ1n) is 8.68. The summed E-state index contributed by atoms with van der Waals surface area (Å²) in [6, 6.07) is 13.6. The highest BCUT2D eigenvalue weighted by Gasteiger charge is 2.25. The highest BCUT2D eigenvalue weighted by atomic mass is 32.2.